The van der Waals surface area contributed by atoms with Crippen LogP contribution in [0.3, 0.4) is 0 Å². The summed E-state index contributed by atoms with van der Waals surface area (Å²) in [5, 5.41) is 0. The van der Waals surface area contributed by atoms with E-state index in [1.54, 1.807) is 0 Å². The van der Waals surface area contributed by atoms with Gasteiger partial charge in [0.25, 0.3) is 6.71 Å². The fourth-order valence-corrected chi connectivity index (χ4v) is 15.8. The van der Waals surface area contributed by atoms with Crippen molar-refractivity contribution in [2.45, 2.75) is 168 Å². The van der Waals surface area contributed by atoms with Gasteiger partial charge in [0.15, 0.2) is 0 Å². The van der Waals surface area contributed by atoms with E-state index >= 15 is 0 Å². The summed E-state index contributed by atoms with van der Waals surface area (Å²) < 4.78 is 0. The lowest BCUT2D eigenvalue weighted by Crippen LogP contribution is -2.62. The fraction of sp³-hybridized carbons (Fsp3) is 0.351. The van der Waals surface area contributed by atoms with Crippen molar-refractivity contribution < 1.29 is 0 Å². The van der Waals surface area contributed by atoms with E-state index in [-0.39, 0.29) is 39.3 Å². The van der Waals surface area contributed by atoms with E-state index in [4.69, 9.17) is 0 Å². The molecule has 2 unspecified atom stereocenters. The van der Waals surface area contributed by atoms with Gasteiger partial charge in [-0.05, 0) is 206 Å². The third kappa shape index (κ3) is 7.09. The first kappa shape index (κ1) is 49.5. The summed E-state index contributed by atoms with van der Waals surface area (Å²) in [4.78, 5) is 8.21. The number of fused-ring (bicyclic) bond motifs is 11. The second kappa shape index (κ2) is 16.6. The number of anilines is 8. The van der Waals surface area contributed by atoms with Crippen molar-refractivity contribution in [1.29, 1.82) is 0 Å². The Hall–Kier alpha value is -6.78. The zero-order chi connectivity index (χ0) is 54.2. The molecule has 14 rings (SSSR count). The van der Waals surface area contributed by atoms with Crippen LogP contribution in [-0.2, 0) is 33.5 Å². The van der Waals surface area contributed by atoms with Gasteiger partial charge in [-0.3, -0.25) is 0 Å². The van der Waals surface area contributed by atoms with Gasteiger partial charge in [0.05, 0.1) is 11.2 Å². The van der Waals surface area contributed by atoms with Crippen molar-refractivity contribution >= 4 is 68.6 Å². The third-order valence-electron chi connectivity index (χ3n) is 20.6. The molecule has 8 aromatic rings. The molecule has 0 aromatic heterocycles. The van der Waals surface area contributed by atoms with Crippen LogP contribution in [0.15, 0.2) is 152 Å². The molecule has 6 aliphatic rings. The summed E-state index contributed by atoms with van der Waals surface area (Å²) in [6.45, 7) is 31.7. The Kier molecular flexibility index (Phi) is 10.6. The molecule has 2 atom stereocenters. The average Bonchev–Trinajstić information content (AvgIpc) is 2.61. The lowest BCUT2D eigenvalue weighted by atomic mass is 9.33. The third-order valence-corrected chi connectivity index (χ3v) is 20.6. The maximum absolute atomic E-state index is 2.81. The number of aryl methyl sites for hydroxylation is 1. The standard InChI is InChI=1S/C74H78BN3/c1-46-37-66-68-67(38-46)77(62-31-26-50(69(2,3)4)40-56(62)47-21-15-14-16-22-47)65-45-58-57(71(8,9)35-36-72(58,10)11)44-61(65)75(68)60-30-29-53(43-64(60)76(66)52-28-25-49-39-48-23-17-18-24-54(48)55(49)42-52)78-63-32-27-51(70(5,6)7)41-59(63)73(12)33-19-20-34-74(73,78)13/h14-18,21-32,37-38,40-45H,19-20,33-36,39H2,1-13H3. The highest BCUT2D eigenvalue weighted by Crippen LogP contribution is 2.62. The van der Waals surface area contributed by atoms with E-state index in [0.717, 1.165) is 25.7 Å². The van der Waals surface area contributed by atoms with Gasteiger partial charge in [0.1, 0.15) is 0 Å². The second-order valence-electron chi connectivity index (χ2n) is 28.4. The Labute approximate surface area is 466 Å². The van der Waals surface area contributed by atoms with Crippen LogP contribution >= 0.6 is 0 Å². The normalized spacial score (nSPS) is 21.0. The summed E-state index contributed by atoms with van der Waals surface area (Å²) >= 11 is 0. The van der Waals surface area contributed by atoms with Gasteiger partial charge in [0, 0.05) is 50.8 Å². The van der Waals surface area contributed by atoms with Crippen LogP contribution in [0.25, 0.3) is 22.3 Å². The summed E-state index contributed by atoms with van der Waals surface area (Å²) in [5.41, 5.74) is 31.0. The lowest BCUT2D eigenvalue weighted by Gasteiger charge is -2.51. The molecule has 392 valence electrons. The molecule has 0 spiro atoms. The summed E-state index contributed by atoms with van der Waals surface area (Å²) in [7, 11) is 0. The predicted molar refractivity (Wildman–Crippen MR) is 334 cm³/mol. The summed E-state index contributed by atoms with van der Waals surface area (Å²) in [6, 6.07) is 60.7. The van der Waals surface area contributed by atoms with E-state index in [1.165, 1.54) is 148 Å². The zero-order valence-electron chi connectivity index (χ0n) is 48.8. The molecule has 3 aliphatic carbocycles. The Bertz CT molecular complexity index is 3830. The number of rotatable bonds is 4. The molecule has 3 aliphatic heterocycles. The van der Waals surface area contributed by atoms with Gasteiger partial charge < -0.3 is 14.7 Å². The van der Waals surface area contributed by atoms with Gasteiger partial charge in [-0.1, -0.05) is 180 Å². The molecule has 0 bridgehead atoms. The largest absolute Gasteiger partial charge is 0.334 e. The molecule has 0 N–H and O–H groups in total. The summed E-state index contributed by atoms with van der Waals surface area (Å²) in [6.07, 6.45) is 8.15. The SMILES string of the molecule is Cc1cc2c3c(c1)N(c1ccc(C(C)(C)C)cc1-c1ccccc1)c1cc4c(cc1B3c1ccc(N3c5ccc(C(C)(C)C)cc5C5(C)CCCCC35C)cc1N2c1ccc2c(c1)-c1ccccc1C2)C(C)(C)CCC4(C)C. The first-order valence-electron chi connectivity index (χ1n) is 29.5. The molecule has 3 nitrogen and oxygen atoms in total. The Morgan fingerprint density at radius 3 is 1.78 bits per heavy atom. The molecule has 3 heterocycles. The van der Waals surface area contributed by atoms with Crippen LogP contribution in [0.1, 0.15) is 166 Å². The van der Waals surface area contributed by atoms with Crippen LogP contribution in [0.5, 0.6) is 0 Å². The first-order chi connectivity index (χ1) is 37.1. The summed E-state index contributed by atoms with van der Waals surface area (Å²) in [5.74, 6) is 0. The molecular weight excluding hydrogens is 942 g/mol. The zero-order valence-corrected chi connectivity index (χ0v) is 48.8. The van der Waals surface area contributed by atoms with E-state index in [1.807, 2.05) is 0 Å². The van der Waals surface area contributed by atoms with Gasteiger partial charge in [-0.15, -0.1) is 0 Å². The van der Waals surface area contributed by atoms with Crippen LogP contribution in [0.2, 0.25) is 0 Å². The highest BCUT2D eigenvalue weighted by atomic mass is 15.3. The number of nitrogens with zero attached hydrogens (tertiary/aromatic N) is 3. The highest BCUT2D eigenvalue weighted by molar-refractivity contribution is 7.00. The minimum atomic E-state index is -0.0921. The van der Waals surface area contributed by atoms with E-state index in [9.17, 15) is 0 Å². The fourth-order valence-electron chi connectivity index (χ4n) is 15.8. The molecule has 4 heteroatoms. The van der Waals surface area contributed by atoms with Crippen molar-refractivity contribution in [2.75, 3.05) is 14.7 Å². The minimum Gasteiger partial charge on any atom is -0.334 e. The molecule has 1 fully saturated rings. The van der Waals surface area contributed by atoms with Gasteiger partial charge in [-0.2, -0.15) is 0 Å². The molecule has 0 radical (unpaired) electrons. The lowest BCUT2D eigenvalue weighted by molar-refractivity contribution is 0.195. The van der Waals surface area contributed by atoms with Crippen molar-refractivity contribution in [3.05, 3.63) is 196 Å². The monoisotopic (exact) mass is 1020 g/mol. The maximum atomic E-state index is 2.81. The molecule has 0 amide bonds. The quantitative estimate of drug-likeness (QED) is 0.163. The van der Waals surface area contributed by atoms with Gasteiger partial charge in [0.2, 0.25) is 0 Å². The van der Waals surface area contributed by atoms with Crippen LogP contribution < -0.4 is 31.1 Å². The molecular formula is C74H78BN3. The maximum Gasteiger partial charge on any atom is 0.252 e. The molecule has 0 saturated heterocycles. The number of benzene rings is 8. The molecule has 78 heavy (non-hydrogen) atoms. The molecule has 1 saturated carbocycles. The van der Waals surface area contributed by atoms with Crippen molar-refractivity contribution in [2.24, 2.45) is 0 Å². The van der Waals surface area contributed by atoms with Crippen LogP contribution in [0.4, 0.5) is 45.5 Å². The van der Waals surface area contributed by atoms with E-state index in [2.05, 4.69) is 256 Å². The topological polar surface area (TPSA) is 9.72 Å². The van der Waals surface area contributed by atoms with E-state index < -0.39 is 0 Å². The Balaban J connectivity index is 1.07. The van der Waals surface area contributed by atoms with Gasteiger partial charge in [-0.25, -0.2) is 0 Å². The van der Waals surface area contributed by atoms with Crippen molar-refractivity contribution in [3.8, 4) is 22.3 Å². The number of hydrogen-bond donors (Lipinski definition) is 0. The van der Waals surface area contributed by atoms with E-state index in [0.29, 0.717) is 0 Å². The van der Waals surface area contributed by atoms with Crippen molar-refractivity contribution in [3.63, 3.8) is 0 Å². The highest BCUT2D eigenvalue weighted by Gasteiger charge is 2.58. The van der Waals surface area contributed by atoms with Crippen molar-refractivity contribution in [1.82, 2.24) is 0 Å². The Morgan fingerprint density at radius 1 is 0.436 bits per heavy atom. The molecule has 8 aromatic carbocycles. The van der Waals surface area contributed by atoms with Crippen LogP contribution in [0, 0.1) is 6.92 Å². The smallest absolute Gasteiger partial charge is 0.252 e. The number of hydrogen-bond acceptors (Lipinski definition) is 3. The van der Waals surface area contributed by atoms with Crippen LogP contribution in [-0.4, -0.2) is 12.3 Å². The predicted octanol–water partition coefficient (Wildman–Crippen LogP) is 18.0. The minimum absolute atomic E-state index is 0.00629. The first-order valence-corrected chi connectivity index (χ1v) is 29.5. The average molecular weight is 1020 g/mol. The van der Waals surface area contributed by atoms with Gasteiger partial charge >= 0.3 is 0 Å². The Morgan fingerprint density at radius 2 is 1.05 bits per heavy atom. The second-order valence-corrected chi connectivity index (χ2v) is 28.4.